The Bertz CT molecular complexity index is 391. The number of likely N-dealkylation sites (N-methyl/N-ethyl adjacent to an activating group) is 1. The van der Waals surface area contributed by atoms with E-state index in [0.29, 0.717) is 25.4 Å². The topological polar surface area (TPSA) is 52.7 Å². The molecule has 1 aliphatic carbocycles. The third-order valence-electron chi connectivity index (χ3n) is 4.80. The molecule has 120 valence electrons. The predicted molar refractivity (Wildman–Crippen MR) is 82.9 cm³/mol. The number of likely N-dealkylation sites (tertiary alicyclic amines) is 1. The summed E-state index contributed by atoms with van der Waals surface area (Å²) in [6, 6.07) is 0.332. The smallest absolute Gasteiger partial charge is 0.238 e. The van der Waals surface area contributed by atoms with Crippen molar-refractivity contribution in [1.82, 2.24) is 15.1 Å². The van der Waals surface area contributed by atoms with E-state index in [9.17, 15) is 9.59 Å². The highest BCUT2D eigenvalue weighted by molar-refractivity contribution is 6.08. The first-order valence-electron chi connectivity index (χ1n) is 8.25. The van der Waals surface area contributed by atoms with Crippen LogP contribution in [0.25, 0.3) is 0 Å². The van der Waals surface area contributed by atoms with Crippen molar-refractivity contribution in [1.29, 1.82) is 0 Å². The number of hydrogen-bond donors (Lipinski definition) is 1. The van der Waals surface area contributed by atoms with Gasteiger partial charge in [0.15, 0.2) is 0 Å². The molecule has 1 saturated carbocycles. The summed E-state index contributed by atoms with van der Waals surface area (Å²) in [6.07, 6.45) is 5.77. The van der Waals surface area contributed by atoms with Crippen LogP contribution in [0.1, 0.15) is 45.4 Å². The zero-order chi connectivity index (χ0) is 15.5. The molecule has 5 nitrogen and oxygen atoms in total. The van der Waals surface area contributed by atoms with E-state index in [1.165, 1.54) is 6.42 Å². The first-order valence-corrected chi connectivity index (χ1v) is 8.25. The van der Waals surface area contributed by atoms with Gasteiger partial charge in [-0.05, 0) is 52.6 Å². The molecule has 1 atom stereocenters. The molecule has 0 aromatic heterocycles. The molecule has 2 amide bonds. The van der Waals surface area contributed by atoms with Crippen molar-refractivity contribution in [3.05, 3.63) is 0 Å². The molecular formula is C16H29N3O2. The molecule has 21 heavy (non-hydrogen) atoms. The summed E-state index contributed by atoms with van der Waals surface area (Å²) in [6.45, 7) is 4.37. The van der Waals surface area contributed by atoms with Crippen LogP contribution in [0, 0.1) is 5.41 Å². The maximum atomic E-state index is 12.8. The van der Waals surface area contributed by atoms with Crippen LogP contribution in [0.4, 0.5) is 0 Å². The summed E-state index contributed by atoms with van der Waals surface area (Å²) in [5.41, 5.74) is -0.739. The minimum absolute atomic E-state index is 0.0604. The van der Waals surface area contributed by atoms with Crippen molar-refractivity contribution < 1.29 is 9.59 Å². The van der Waals surface area contributed by atoms with Crippen LogP contribution in [0.5, 0.6) is 0 Å². The van der Waals surface area contributed by atoms with Crippen LogP contribution >= 0.6 is 0 Å². The van der Waals surface area contributed by atoms with Gasteiger partial charge in [0.05, 0.1) is 0 Å². The van der Waals surface area contributed by atoms with Crippen molar-refractivity contribution >= 4 is 11.8 Å². The normalized spacial score (nSPS) is 24.0. The maximum absolute atomic E-state index is 12.8. The Kier molecular flexibility index (Phi) is 5.25. The number of piperidine rings is 1. The Morgan fingerprint density at radius 1 is 1.29 bits per heavy atom. The summed E-state index contributed by atoms with van der Waals surface area (Å²) in [7, 11) is 3.95. The summed E-state index contributed by atoms with van der Waals surface area (Å²) in [5.74, 6) is 0.0196. The standard InChI is InChI=1S/C16H29N3O2/c1-4-13-7-5-6-11-19(13)15(21)16(8-9-16)14(20)17-10-12-18(2)3/h13H,4-12H2,1-3H3,(H,17,20). The van der Waals surface area contributed by atoms with E-state index in [1.54, 1.807) is 0 Å². The number of carbonyl (C=O) groups excluding carboxylic acids is 2. The zero-order valence-electron chi connectivity index (χ0n) is 13.7. The van der Waals surface area contributed by atoms with Crippen molar-refractivity contribution in [3.8, 4) is 0 Å². The largest absolute Gasteiger partial charge is 0.354 e. The van der Waals surface area contributed by atoms with Crippen molar-refractivity contribution in [2.45, 2.75) is 51.5 Å². The number of amides is 2. The quantitative estimate of drug-likeness (QED) is 0.750. The van der Waals surface area contributed by atoms with Gasteiger partial charge in [0.2, 0.25) is 11.8 Å². The van der Waals surface area contributed by atoms with Gasteiger partial charge >= 0.3 is 0 Å². The average molecular weight is 295 g/mol. The molecule has 1 N–H and O–H groups in total. The molecule has 2 fully saturated rings. The highest BCUT2D eigenvalue weighted by Gasteiger charge is 2.58. The Labute approximate surface area is 128 Å². The molecular weight excluding hydrogens is 266 g/mol. The Hall–Kier alpha value is -1.10. The predicted octanol–water partition coefficient (Wildman–Crippen LogP) is 1.24. The lowest BCUT2D eigenvalue weighted by atomic mass is 9.95. The Morgan fingerprint density at radius 3 is 2.57 bits per heavy atom. The maximum Gasteiger partial charge on any atom is 0.238 e. The highest BCUT2D eigenvalue weighted by atomic mass is 16.2. The average Bonchev–Trinajstić information content (AvgIpc) is 3.27. The summed E-state index contributed by atoms with van der Waals surface area (Å²) >= 11 is 0. The molecule has 1 unspecified atom stereocenters. The van der Waals surface area contributed by atoms with Gasteiger partial charge in [-0.1, -0.05) is 6.92 Å². The molecule has 0 aromatic rings. The van der Waals surface area contributed by atoms with Gasteiger partial charge in [-0.25, -0.2) is 0 Å². The molecule has 5 heteroatoms. The summed E-state index contributed by atoms with van der Waals surface area (Å²) in [4.78, 5) is 29.3. The second-order valence-corrected chi connectivity index (χ2v) is 6.70. The summed E-state index contributed by atoms with van der Waals surface area (Å²) < 4.78 is 0. The van der Waals surface area contributed by atoms with E-state index in [2.05, 4.69) is 12.2 Å². The van der Waals surface area contributed by atoms with Gasteiger partial charge in [-0.2, -0.15) is 0 Å². The highest BCUT2D eigenvalue weighted by Crippen LogP contribution is 2.48. The Morgan fingerprint density at radius 2 is 2.00 bits per heavy atom. The van der Waals surface area contributed by atoms with Gasteiger partial charge in [-0.15, -0.1) is 0 Å². The second kappa shape index (κ2) is 6.77. The first kappa shape index (κ1) is 16.3. The molecule has 0 spiro atoms. The van der Waals surface area contributed by atoms with E-state index in [4.69, 9.17) is 0 Å². The minimum Gasteiger partial charge on any atom is -0.354 e. The number of hydrogen-bond acceptors (Lipinski definition) is 3. The fraction of sp³-hybridized carbons (Fsp3) is 0.875. The fourth-order valence-corrected chi connectivity index (χ4v) is 3.19. The van der Waals surface area contributed by atoms with Crippen LogP contribution in [-0.2, 0) is 9.59 Å². The van der Waals surface area contributed by atoms with E-state index < -0.39 is 5.41 Å². The molecule has 2 aliphatic rings. The SMILES string of the molecule is CCC1CCCCN1C(=O)C1(C(=O)NCCN(C)C)CC1. The molecule has 0 radical (unpaired) electrons. The lowest BCUT2D eigenvalue weighted by Gasteiger charge is -2.37. The van der Waals surface area contributed by atoms with Gasteiger partial charge in [0.25, 0.3) is 0 Å². The minimum atomic E-state index is -0.739. The van der Waals surface area contributed by atoms with E-state index in [-0.39, 0.29) is 11.8 Å². The number of carbonyl (C=O) groups is 2. The van der Waals surface area contributed by atoms with Gasteiger partial charge in [0, 0.05) is 25.7 Å². The summed E-state index contributed by atoms with van der Waals surface area (Å²) in [5, 5.41) is 2.94. The third-order valence-corrected chi connectivity index (χ3v) is 4.80. The third kappa shape index (κ3) is 3.57. The molecule has 2 rings (SSSR count). The van der Waals surface area contributed by atoms with Crippen molar-refractivity contribution in [3.63, 3.8) is 0 Å². The number of rotatable bonds is 6. The molecule has 1 aliphatic heterocycles. The zero-order valence-corrected chi connectivity index (χ0v) is 13.7. The second-order valence-electron chi connectivity index (χ2n) is 6.70. The van der Waals surface area contributed by atoms with Crippen molar-refractivity contribution in [2.75, 3.05) is 33.7 Å². The van der Waals surface area contributed by atoms with Crippen LogP contribution in [0.2, 0.25) is 0 Å². The van der Waals surface area contributed by atoms with Crippen LogP contribution in [0.15, 0.2) is 0 Å². The van der Waals surface area contributed by atoms with Crippen LogP contribution < -0.4 is 5.32 Å². The van der Waals surface area contributed by atoms with E-state index in [0.717, 1.165) is 32.4 Å². The molecule has 0 aromatic carbocycles. The van der Waals surface area contributed by atoms with E-state index >= 15 is 0 Å². The Balaban J connectivity index is 1.95. The van der Waals surface area contributed by atoms with E-state index in [1.807, 2.05) is 23.9 Å². The van der Waals surface area contributed by atoms with Crippen molar-refractivity contribution in [2.24, 2.45) is 5.41 Å². The van der Waals surface area contributed by atoms with Gasteiger partial charge in [0.1, 0.15) is 5.41 Å². The first-order chi connectivity index (χ1) is 10.0. The fourth-order valence-electron chi connectivity index (χ4n) is 3.19. The monoisotopic (exact) mass is 295 g/mol. The van der Waals surface area contributed by atoms with Crippen LogP contribution in [0.3, 0.4) is 0 Å². The van der Waals surface area contributed by atoms with Gasteiger partial charge in [-0.3, -0.25) is 9.59 Å². The van der Waals surface area contributed by atoms with Crippen LogP contribution in [-0.4, -0.2) is 61.4 Å². The molecule has 1 saturated heterocycles. The molecule has 0 bridgehead atoms. The lowest BCUT2D eigenvalue weighted by molar-refractivity contribution is -0.147. The number of nitrogens with zero attached hydrogens (tertiary/aromatic N) is 2. The number of nitrogens with one attached hydrogen (secondary N) is 1. The lowest BCUT2D eigenvalue weighted by Crippen LogP contribution is -2.51. The van der Waals surface area contributed by atoms with Gasteiger partial charge < -0.3 is 15.1 Å². The molecule has 1 heterocycles.